The summed E-state index contributed by atoms with van der Waals surface area (Å²) in [6.45, 7) is 0. The number of halogens is 3. The highest BCUT2D eigenvalue weighted by atomic mass is 19.4. The summed E-state index contributed by atoms with van der Waals surface area (Å²) in [4.78, 5) is 4.97. The average Bonchev–Trinajstić information content (AvgIpc) is 3.61. The van der Waals surface area contributed by atoms with Crippen LogP contribution in [0.1, 0.15) is 27.8 Å². The number of aromatic nitrogens is 3. The van der Waals surface area contributed by atoms with Crippen LogP contribution in [0.25, 0.3) is 122 Å². The van der Waals surface area contributed by atoms with Crippen molar-refractivity contribution in [3.05, 3.63) is 258 Å². The SMILES string of the molecule is N#Cc1ccccc1-c1ccc2c3ccc(-c4ccccc4C#N)cc3n(-c3cc(-c4cccc(-c5ccccc5)n4)c(C(F)(F)F)cc3-n3c4cc(-c5ccccc5C#N)ccc4c4ccc(-c5ccccc5C#N)cc43)c2c1. The largest absolute Gasteiger partial charge is 0.417 e. The van der Waals surface area contributed by atoms with Gasteiger partial charge in [-0.05, 0) is 117 Å². The summed E-state index contributed by atoms with van der Waals surface area (Å²) < 4.78 is 53.6. The predicted molar refractivity (Wildman–Crippen MR) is 309 cm³/mol. The van der Waals surface area contributed by atoms with Crippen molar-refractivity contribution in [1.29, 1.82) is 21.0 Å². The van der Waals surface area contributed by atoms with Gasteiger partial charge in [0.15, 0.2) is 0 Å². The minimum Gasteiger partial charge on any atom is -0.307 e. The summed E-state index contributed by atoms with van der Waals surface area (Å²) >= 11 is 0. The van der Waals surface area contributed by atoms with Gasteiger partial charge < -0.3 is 9.13 Å². The van der Waals surface area contributed by atoms with Crippen molar-refractivity contribution in [2.24, 2.45) is 0 Å². The maximum atomic E-state index is 16.6. The molecule has 13 aromatic rings. The highest BCUT2D eigenvalue weighted by Crippen LogP contribution is 2.47. The number of alkyl halides is 3. The van der Waals surface area contributed by atoms with Crippen LogP contribution in [-0.4, -0.2) is 14.1 Å². The zero-order chi connectivity index (χ0) is 54.6. The van der Waals surface area contributed by atoms with E-state index in [-0.39, 0.29) is 16.9 Å². The first-order valence-corrected chi connectivity index (χ1v) is 25.6. The Labute approximate surface area is 457 Å². The third kappa shape index (κ3) is 8.09. The van der Waals surface area contributed by atoms with Gasteiger partial charge in [0.1, 0.15) is 0 Å². The molecule has 0 aliphatic heterocycles. The second kappa shape index (κ2) is 19.4. The third-order valence-electron chi connectivity index (χ3n) is 15.0. The molecule has 13 rings (SSSR count). The van der Waals surface area contributed by atoms with Gasteiger partial charge in [0, 0.05) is 32.7 Å². The molecule has 0 bridgehead atoms. The molecule has 0 unspecified atom stereocenters. The Balaban J connectivity index is 1.23. The lowest BCUT2D eigenvalue weighted by molar-refractivity contribution is -0.137. The molecule has 374 valence electrons. The fraction of sp³-hybridized carbons (Fsp3) is 0.0143. The minimum absolute atomic E-state index is 0.0903. The molecule has 0 aliphatic rings. The van der Waals surface area contributed by atoms with E-state index in [0.717, 1.165) is 27.1 Å². The lowest BCUT2D eigenvalue weighted by Crippen LogP contribution is -2.12. The van der Waals surface area contributed by atoms with Crippen LogP contribution in [0.2, 0.25) is 0 Å². The molecule has 0 saturated heterocycles. The van der Waals surface area contributed by atoms with E-state index in [1.807, 2.05) is 161 Å². The monoisotopic (exact) mass is 1030 g/mol. The summed E-state index contributed by atoms with van der Waals surface area (Å²) in [7, 11) is 0. The van der Waals surface area contributed by atoms with Gasteiger partial charge in [-0.25, -0.2) is 4.98 Å². The van der Waals surface area contributed by atoms with Crippen LogP contribution in [0.4, 0.5) is 13.2 Å². The summed E-state index contributed by atoms with van der Waals surface area (Å²) in [6.07, 6.45) is -4.93. The first-order chi connectivity index (χ1) is 39.1. The Kier molecular flexibility index (Phi) is 11.7. The molecular weight excluding hydrogens is 996 g/mol. The molecule has 0 saturated carbocycles. The van der Waals surface area contributed by atoms with Gasteiger partial charge in [0.2, 0.25) is 0 Å². The predicted octanol–water partition coefficient (Wildman–Crippen LogP) is 17.8. The van der Waals surface area contributed by atoms with Crippen LogP contribution >= 0.6 is 0 Å². The van der Waals surface area contributed by atoms with Crippen LogP contribution < -0.4 is 0 Å². The van der Waals surface area contributed by atoms with E-state index in [1.165, 1.54) is 6.07 Å². The van der Waals surface area contributed by atoms with Gasteiger partial charge in [-0.3, -0.25) is 0 Å². The highest BCUT2D eigenvalue weighted by molar-refractivity contribution is 6.14. The molecule has 0 fully saturated rings. The molecule has 80 heavy (non-hydrogen) atoms. The molecule has 0 amide bonds. The number of nitriles is 4. The topological polar surface area (TPSA) is 118 Å². The second-order valence-corrected chi connectivity index (χ2v) is 19.4. The molecular formula is C70H38F3N7. The van der Waals surface area contributed by atoms with Gasteiger partial charge >= 0.3 is 6.18 Å². The van der Waals surface area contributed by atoms with Crippen molar-refractivity contribution < 1.29 is 13.2 Å². The van der Waals surface area contributed by atoms with E-state index < -0.39 is 11.7 Å². The molecule has 0 spiro atoms. The highest BCUT2D eigenvalue weighted by Gasteiger charge is 2.37. The number of hydrogen-bond acceptors (Lipinski definition) is 5. The van der Waals surface area contributed by atoms with E-state index in [2.05, 4.69) is 24.3 Å². The molecule has 0 aliphatic carbocycles. The summed E-state index contributed by atoms with van der Waals surface area (Å²) in [5, 5.41) is 44.5. The maximum absolute atomic E-state index is 16.6. The van der Waals surface area contributed by atoms with E-state index in [1.54, 1.807) is 72.8 Å². The molecule has 0 N–H and O–H groups in total. The smallest absolute Gasteiger partial charge is 0.307 e. The Hall–Kier alpha value is -11.3. The fourth-order valence-electron chi connectivity index (χ4n) is 11.3. The first kappa shape index (κ1) is 48.3. The van der Waals surface area contributed by atoms with Crippen molar-refractivity contribution in [3.8, 4) is 103 Å². The van der Waals surface area contributed by atoms with Crippen molar-refractivity contribution in [3.63, 3.8) is 0 Å². The zero-order valence-electron chi connectivity index (χ0n) is 42.2. The zero-order valence-corrected chi connectivity index (χ0v) is 42.2. The number of nitrogens with zero attached hydrogens (tertiary/aromatic N) is 7. The number of fused-ring (bicyclic) bond motifs is 6. The molecule has 0 radical (unpaired) electrons. The van der Waals surface area contributed by atoms with Gasteiger partial charge in [-0.15, -0.1) is 0 Å². The number of benzene rings is 10. The summed E-state index contributed by atoms with van der Waals surface area (Å²) in [5.41, 5.74) is 10.2. The van der Waals surface area contributed by atoms with E-state index in [4.69, 9.17) is 4.98 Å². The Morgan fingerprint density at radius 2 is 0.650 bits per heavy atom. The Morgan fingerprint density at radius 1 is 0.312 bits per heavy atom. The van der Waals surface area contributed by atoms with Gasteiger partial charge in [-0.1, -0.05) is 158 Å². The van der Waals surface area contributed by atoms with E-state index in [9.17, 15) is 21.0 Å². The summed E-state index contributed by atoms with van der Waals surface area (Å²) in [6, 6.07) is 78.9. The minimum atomic E-state index is -4.93. The van der Waals surface area contributed by atoms with Gasteiger partial charge in [0.05, 0.1) is 96.9 Å². The van der Waals surface area contributed by atoms with Crippen molar-refractivity contribution in [2.45, 2.75) is 6.18 Å². The number of hydrogen-bond donors (Lipinski definition) is 0. The quantitative estimate of drug-likeness (QED) is 0.150. The maximum Gasteiger partial charge on any atom is 0.417 e. The van der Waals surface area contributed by atoms with Crippen LogP contribution in [-0.2, 0) is 6.18 Å². The third-order valence-corrected chi connectivity index (χ3v) is 15.0. The van der Waals surface area contributed by atoms with E-state index in [0.29, 0.717) is 100 Å². The lowest BCUT2D eigenvalue weighted by Gasteiger charge is -2.22. The molecule has 0 atom stereocenters. The molecule has 7 nitrogen and oxygen atoms in total. The number of rotatable bonds is 8. The molecule has 3 aromatic heterocycles. The standard InChI is InChI=1S/C70H38F3N7/c71-70(72,73)61-38-69(80-66-35-46(54-21-10-6-17-50(54)41-76)27-31-58(66)59-32-28-47(36-67(59)80)55-22-11-7-18-51(55)42-77)68(37-60(61)63-24-12-23-62(78-63)43-13-2-1-3-14-43)79-64-33-44(52-19-8-4-15-48(52)39-74)25-29-56(64)57-30-26-45(34-65(57)79)53-20-9-5-16-49(53)40-75/h1-38H. The van der Waals surface area contributed by atoms with Crippen LogP contribution in [0, 0.1) is 45.3 Å². The van der Waals surface area contributed by atoms with Gasteiger partial charge in [0.25, 0.3) is 0 Å². The normalized spacial score (nSPS) is 11.4. The van der Waals surface area contributed by atoms with Crippen LogP contribution in [0.5, 0.6) is 0 Å². The fourth-order valence-corrected chi connectivity index (χ4v) is 11.3. The van der Waals surface area contributed by atoms with Crippen molar-refractivity contribution in [2.75, 3.05) is 0 Å². The Morgan fingerprint density at radius 3 is 1.01 bits per heavy atom. The van der Waals surface area contributed by atoms with E-state index >= 15 is 13.2 Å². The van der Waals surface area contributed by atoms with Crippen LogP contribution in [0.15, 0.2) is 231 Å². The lowest BCUT2D eigenvalue weighted by atomic mass is 9.98. The average molecular weight is 1030 g/mol. The first-order valence-electron chi connectivity index (χ1n) is 25.6. The molecule has 3 heterocycles. The van der Waals surface area contributed by atoms with Crippen LogP contribution in [0.3, 0.4) is 0 Å². The Bertz CT molecular complexity index is 4650. The second-order valence-electron chi connectivity index (χ2n) is 19.4. The molecule has 10 aromatic carbocycles. The number of pyridine rings is 1. The van der Waals surface area contributed by atoms with Gasteiger partial charge in [-0.2, -0.15) is 34.2 Å². The molecule has 10 heteroatoms. The van der Waals surface area contributed by atoms with Crippen molar-refractivity contribution in [1.82, 2.24) is 14.1 Å². The van der Waals surface area contributed by atoms with Crippen molar-refractivity contribution >= 4 is 43.6 Å². The summed E-state index contributed by atoms with van der Waals surface area (Å²) in [5.74, 6) is 0.